The quantitative estimate of drug-likeness (QED) is 0.728. The molecular weight excluding hydrogens is 236 g/mol. The zero-order valence-electron chi connectivity index (χ0n) is 9.94. The second-order valence-corrected chi connectivity index (χ2v) is 3.93. The highest BCUT2D eigenvalue weighted by Crippen LogP contribution is 2.19. The number of aromatic amines is 1. The Bertz CT molecular complexity index is 632. The van der Waals surface area contributed by atoms with Gasteiger partial charge in [-0.3, -0.25) is 14.7 Å². The second kappa shape index (κ2) is 4.44. The molecule has 0 spiro atoms. The molecule has 94 valence electrons. The van der Waals surface area contributed by atoms with E-state index in [2.05, 4.69) is 20.5 Å². The molecule has 7 nitrogen and oxygen atoms in total. The van der Waals surface area contributed by atoms with E-state index in [4.69, 9.17) is 5.11 Å². The van der Waals surface area contributed by atoms with E-state index in [1.54, 1.807) is 19.9 Å². The lowest BCUT2D eigenvalue weighted by molar-refractivity contribution is -0.135. The first-order chi connectivity index (χ1) is 8.49. The zero-order chi connectivity index (χ0) is 13.3. The number of hydrogen-bond donors (Lipinski definition) is 3. The Kier molecular flexibility index (Phi) is 2.97. The number of carbonyl (C=O) groups is 2. The number of rotatable bonds is 3. The third-order valence-electron chi connectivity index (χ3n) is 2.48. The number of fused-ring (bicyclic) bond motifs is 1. The Hall–Kier alpha value is -2.44. The molecule has 0 aliphatic heterocycles. The van der Waals surface area contributed by atoms with Gasteiger partial charge in [0.2, 0.25) is 0 Å². The van der Waals surface area contributed by atoms with Gasteiger partial charge in [-0.25, -0.2) is 4.98 Å². The van der Waals surface area contributed by atoms with Crippen LogP contribution in [-0.2, 0) is 4.79 Å². The molecule has 3 N–H and O–H groups in total. The third kappa shape index (κ3) is 2.15. The maximum atomic E-state index is 11.9. The number of H-pyrrole nitrogens is 1. The van der Waals surface area contributed by atoms with Crippen LogP contribution in [0, 0.1) is 13.8 Å². The van der Waals surface area contributed by atoms with Gasteiger partial charge >= 0.3 is 5.97 Å². The number of nitrogens with one attached hydrogen (secondary N) is 2. The van der Waals surface area contributed by atoms with Gasteiger partial charge in [0.05, 0.1) is 10.9 Å². The number of carboxylic acid groups (broad SMARTS) is 1. The van der Waals surface area contributed by atoms with Crippen molar-refractivity contribution in [3.8, 4) is 0 Å². The molecule has 18 heavy (non-hydrogen) atoms. The topological polar surface area (TPSA) is 108 Å². The molecule has 2 heterocycles. The summed E-state index contributed by atoms with van der Waals surface area (Å²) in [6.45, 7) is 3.11. The molecule has 2 aromatic rings. The fraction of sp³-hybridized carbons (Fsp3) is 0.273. The summed E-state index contributed by atoms with van der Waals surface area (Å²) in [5, 5.41) is 18.2. The largest absolute Gasteiger partial charge is 0.480 e. The summed E-state index contributed by atoms with van der Waals surface area (Å²) in [4.78, 5) is 26.6. The van der Waals surface area contributed by atoms with Crippen molar-refractivity contribution in [2.75, 3.05) is 6.54 Å². The van der Waals surface area contributed by atoms with Crippen LogP contribution >= 0.6 is 0 Å². The van der Waals surface area contributed by atoms with E-state index >= 15 is 0 Å². The lowest BCUT2D eigenvalue weighted by atomic mass is 10.1. The second-order valence-electron chi connectivity index (χ2n) is 3.93. The predicted octanol–water partition coefficient (Wildman–Crippen LogP) is 0.389. The first-order valence-corrected chi connectivity index (χ1v) is 5.31. The van der Waals surface area contributed by atoms with E-state index in [1.807, 2.05) is 0 Å². The standard InChI is InChI=1S/C11H12N4O3/c1-5-3-7(11(18)12-4-8(16)17)9-6(2)14-15-10(9)13-5/h3H,4H2,1-2H3,(H,12,18)(H,16,17)(H,13,14,15). The molecular formula is C11H12N4O3. The van der Waals surface area contributed by atoms with Crippen molar-refractivity contribution in [2.45, 2.75) is 13.8 Å². The molecule has 0 aliphatic carbocycles. The van der Waals surface area contributed by atoms with Crippen molar-refractivity contribution in [3.63, 3.8) is 0 Å². The molecule has 0 aromatic carbocycles. The number of hydrogen-bond acceptors (Lipinski definition) is 4. The SMILES string of the molecule is Cc1cc(C(=O)NCC(=O)O)c2c(C)[nH]nc2n1. The normalized spacial score (nSPS) is 10.6. The summed E-state index contributed by atoms with van der Waals surface area (Å²) >= 11 is 0. The monoisotopic (exact) mass is 248 g/mol. The number of amides is 1. The molecule has 0 atom stereocenters. The van der Waals surface area contributed by atoms with Gasteiger partial charge in [0.1, 0.15) is 6.54 Å². The Morgan fingerprint density at radius 1 is 1.44 bits per heavy atom. The summed E-state index contributed by atoms with van der Waals surface area (Å²) in [7, 11) is 0. The van der Waals surface area contributed by atoms with Gasteiger partial charge in [-0.2, -0.15) is 5.10 Å². The van der Waals surface area contributed by atoms with E-state index in [1.165, 1.54) is 0 Å². The first kappa shape index (κ1) is 12.0. The fourth-order valence-electron chi connectivity index (χ4n) is 1.73. The minimum atomic E-state index is -1.09. The highest BCUT2D eigenvalue weighted by molar-refractivity contribution is 6.07. The maximum absolute atomic E-state index is 11.9. The lowest BCUT2D eigenvalue weighted by Crippen LogP contribution is -2.29. The molecule has 2 aromatic heterocycles. The molecule has 0 unspecified atom stereocenters. The van der Waals surface area contributed by atoms with Gasteiger partial charge in [-0.15, -0.1) is 0 Å². The van der Waals surface area contributed by atoms with Crippen LogP contribution in [0.1, 0.15) is 21.7 Å². The minimum Gasteiger partial charge on any atom is -0.480 e. The lowest BCUT2D eigenvalue weighted by Gasteiger charge is -2.05. The number of aryl methyl sites for hydroxylation is 2. The Morgan fingerprint density at radius 2 is 2.17 bits per heavy atom. The van der Waals surface area contributed by atoms with Crippen LogP contribution in [0.25, 0.3) is 11.0 Å². The maximum Gasteiger partial charge on any atom is 0.322 e. The predicted molar refractivity (Wildman–Crippen MR) is 63.3 cm³/mol. The number of aromatic nitrogens is 3. The Labute approximate surface area is 102 Å². The fourth-order valence-corrected chi connectivity index (χ4v) is 1.73. The summed E-state index contributed by atoms with van der Waals surface area (Å²) in [5.41, 5.74) is 2.20. The summed E-state index contributed by atoms with van der Waals surface area (Å²) < 4.78 is 0. The number of aliphatic carboxylic acids is 1. The van der Waals surface area contributed by atoms with Crippen LogP contribution in [0.3, 0.4) is 0 Å². The van der Waals surface area contributed by atoms with Crippen molar-refractivity contribution < 1.29 is 14.7 Å². The van der Waals surface area contributed by atoms with Crippen LogP contribution < -0.4 is 5.32 Å². The molecule has 1 amide bonds. The molecule has 0 saturated heterocycles. The molecule has 7 heteroatoms. The van der Waals surface area contributed by atoms with Gasteiger partial charge in [0.25, 0.3) is 5.91 Å². The molecule has 2 rings (SSSR count). The first-order valence-electron chi connectivity index (χ1n) is 5.31. The average molecular weight is 248 g/mol. The van der Waals surface area contributed by atoms with Gasteiger partial charge in [0, 0.05) is 11.4 Å². The highest BCUT2D eigenvalue weighted by Gasteiger charge is 2.16. The summed E-state index contributed by atoms with van der Waals surface area (Å²) in [6.07, 6.45) is 0. The van der Waals surface area contributed by atoms with E-state index in [0.717, 1.165) is 5.69 Å². The van der Waals surface area contributed by atoms with Crippen molar-refractivity contribution in [1.29, 1.82) is 0 Å². The van der Waals surface area contributed by atoms with E-state index < -0.39 is 18.4 Å². The molecule has 0 fully saturated rings. The number of nitrogens with zero attached hydrogens (tertiary/aromatic N) is 2. The van der Waals surface area contributed by atoms with Crippen molar-refractivity contribution in [1.82, 2.24) is 20.5 Å². The Balaban J connectivity index is 2.45. The number of carboxylic acids is 1. The smallest absolute Gasteiger partial charge is 0.322 e. The average Bonchev–Trinajstić information content (AvgIpc) is 2.66. The van der Waals surface area contributed by atoms with E-state index in [9.17, 15) is 9.59 Å². The highest BCUT2D eigenvalue weighted by atomic mass is 16.4. The number of pyridine rings is 1. The van der Waals surface area contributed by atoms with E-state index in [0.29, 0.717) is 22.3 Å². The van der Waals surface area contributed by atoms with Crippen LogP contribution in [0.15, 0.2) is 6.07 Å². The van der Waals surface area contributed by atoms with Crippen LogP contribution in [-0.4, -0.2) is 38.7 Å². The summed E-state index contributed by atoms with van der Waals surface area (Å²) in [6, 6.07) is 1.61. The third-order valence-corrected chi connectivity index (χ3v) is 2.48. The van der Waals surface area contributed by atoms with Crippen molar-refractivity contribution in [3.05, 3.63) is 23.0 Å². The zero-order valence-corrected chi connectivity index (χ0v) is 9.94. The summed E-state index contributed by atoms with van der Waals surface area (Å²) in [5.74, 6) is -1.54. The molecule has 0 aliphatic rings. The van der Waals surface area contributed by atoms with Crippen LogP contribution in [0.5, 0.6) is 0 Å². The van der Waals surface area contributed by atoms with Gasteiger partial charge in [-0.1, -0.05) is 0 Å². The van der Waals surface area contributed by atoms with Gasteiger partial charge < -0.3 is 10.4 Å². The van der Waals surface area contributed by atoms with E-state index in [-0.39, 0.29) is 0 Å². The number of carbonyl (C=O) groups excluding carboxylic acids is 1. The Morgan fingerprint density at radius 3 is 2.83 bits per heavy atom. The van der Waals surface area contributed by atoms with Crippen molar-refractivity contribution in [2.24, 2.45) is 0 Å². The van der Waals surface area contributed by atoms with Gasteiger partial charge in [-0.05, 0) is 19.9 Å². The molecule has 0 bridgehead atoms. The van der Waals surface area contributed by atoms with Crippen LogP contribution in [0.2, 0.25) is 0 Å². The molecule has 0 radical (unpaired) electrons. The van der Waals surface area contributed by atoms with Crippen molar-refractivity contribution >= 4 is 22.9 Å². The molecule has 0 saturated carbocycles. The van der Waals surface area contributed by atoms with Gasteiger partial charge in [0.15, 0.2) is 5.65 Å². The van der Waals surface area contributed by atoms with Crippen LogP contribution in [0.4, 0.5) is 0 Å². The minimum absolute atomic E-state index is 0.380.